The van der Waals surface area contributed by atoms with E-state index in [0.29, 0.717) is 6.04 Å². The fourth-order valence-corrected chi connectivity index (χ4v) is 2.76. The van der Waals surface area contributed by atoms with E-state index in [2.05, 4.69) is 70.4 Å². The second kappa shape index (κ2) is 8.47. The fraction of sp³-hybridized carbons (Fsp3) is 0.353. The molecule has 1 aromatic heterocycles. The molecule has 1 unspecified atom stereocenters. The van der Waals surface area contributed by atoms with E-state index in [9.17, 15) is 0 Å². The number of hydrogen-bond acceptors (Lipinski definition) is 2. The van der Waals surface area contributed by atoms with Gasteiger partial charge >= 0.3 is 0 Å². The molecule has 1 heterocycles. The Bertz CT molecular complexity index is 534. The normalized spacial score (nSPS) is 13.0. The summed E-state index contributed by atoms with van der Waals surface area (Å²) in [5.74, 6) is 0.865. The minimum absolute atomic E-state index is 0.389. The standard InChI is InChI=1S/C17H23N3S/c1-14(10-11-15-7-4-3-5-8-15)20-17(18-2)19-13-16-9-6-12-21-16/h3-9,12,14H,10-11,13H2,1-2H3,(H2,18,19,20). The second-order valence-corrected chi connectivity index (χ2v) is 6.11. The van der Waals surface area contributed by atoms with Crippen molar-refractivity contribution in [2.45, 2.75) is 32.4 Å². The molecule has 0 aliphatic rings. The van der Waals surface area contributed by atoms with Crippen LogP contribution in [-0.2, 0) is 13.0 Å². The van der Waals surface area contributed by atoms with Gasteiger partial charge in [0.1, 0.15) is 0 Å². The number of hydrogen-bond donors (Lipinski definition) is 2. The van der Waals surface area contributed by atoms with Crippen molar-refractivity contribution < 1.29 is 0 Å². The smallest absolute Gasteiger partial charge is 0.191 e. The first-order valence-electron chi connectivity index (χ1n) is 7.31. The molecular formula is C17H23N3S. The molecule has 0 radical (unpaired) electrons. The van der Waals surface area contributed by atoms with Crippen molar-refractivity contribution in [3.8, 4) is 0 Å². The molecule has 4 heteroatoms. The van der Waals surface area contributed by atoms with E-state index >= 15 is 0 Å². The van der Waals surface area contributed by atoms with Crippen molar-refractivity contribution in [1.82, 2.24) is 10.6 Å². The van der Waals surface area contributed by atoms with Crippen LogP contribution >= 0.6 is 11.3 Å². The lowest BCUT2D eigenvalue weighted by Crippen LogP contribution is -2.41. The van der Waals surface area contributed by atoms with Crippen molar-refractivity contribution in [1.29, 1.82) is 0 Å². The van der Waals surface area contributed by atoms with Gasteiger partial charge in [0, 0.05) is 18.0 Å². The SMILES string of the molecule is CN=C(NCc1cccs1)NC(C)CCc1ccccc1. The molecule has 0 aliphatic heterocycles. The molecule has 0 amide bonds. The summed E-state index contributed by atoms with van der Waals surface area (Å²) in [6.45, 7) is 3.02. The first-order chi connectivity index (χ1) is 10.3. The van der Waals surface area contributed by atoms with Gasteiger partial charge in [-0.15, -0.1) is 11.3 Å². The van der Waals surface area contributed by atoms with E-state index in [1.807, 2.05) is 7.05 Å². The minimum atomic E-state index is 0.389. The Morgan fingerprint density at radius 2 is 2.00 bits per heavy atom. The molecule has 21 heavy (non-hydrogen) atoms. The molecule has 2 aromatic rings. The largest absolute Gasteiger partial charge is 0.354 e. The number of aryl methyl sites for hydroxylation is 1. The van der Waals surface area contributed by atoms with Gasteiger partial charge in [-0.05, 0) is 36.8 Å². The zero-order valence-corrected chi connectivity index (χ0v) is 13.5. The van der Waals surface area contributed by atoms with Gasteiger partial charge in [0.15, 0.2) is 5.96 Å². The predicted octanol–water partition coefficient (Wildman–Crippen LogP) is 3.43. The molecule has 1 aromatic carbocycles. The van der Waals surface area contributed by atoms with Gasteiger partial charge in [-0.3, -0.25) is 4.99 Å². The van der Waals surface area contributed by atoms with Gasteiger partial charge < -0.3 is 10.6 Å². The Kier molecular flexibility index (Phi) is 6.28. The summed E-state index contributed by atoms with van der Waals surface area (Å²) in [6, 6.07) is 15.2. The summed E-state index contributed by atoms with van der Waals surface area (Å²) in [5.41, 5.74) is 1.38. The lowest BCUT2D eigenvalue weighted by molar-refractivity contribution is 0.593. The molecule has 0 saturated heterocycles. The molecule has 0 spiro atoms. The van der Waals surface area contributed by atoms with Crippen LogP contribution in [0.4, 0.5) is 0 Å². The zero-order chi connectivity index (χ0) is 14.9. The number of thiophene rings is 1. The molecule has 0 bridgehead atoms. The molecule has 2 rings (SSSR count). The molecule has 112 valence electrons. The average Bonchev–Trinajstić information content (AvgIpc) is 3.04. The molecule has 0 aliphatic carbocycles. The Labute approximate surface area is 131 Å². The lowest BCUT2D eigenvalue weighted by Gasteiger charge is -2.17. The first-order valence-corrected chi connectivity index (χ1v) is 8.19. The number of aliphatic imine (C=N–C) groups is 1. The molecule has 0 saturated carbocycles. The van der Waals surface area contributed by atoms with Crippen LogP contribution in [0.2, 0.25) is 0 Å². The summed E-state index contributed by atoms with van der Waals surface area (Å²) in [7, 11) is 1.81. The van der Waals surface area contributed by atoms with Crippen molar-refractivity contribution >= 4 is 17.3 Å². The van der Waals surface area contributed by atoms with E-state index in [1.54, 1.807) is 11.3 Å². The van der Waals surface area contributed by atoms with E-state index in [-0.39, 0.29) is 0 Å². The topological polar surface area (TPSA) is 36.4 Å². The van der Waals surface area contributed by atoms with Crippen LogP contribution in [0.5, 0.6) is 0 Å². The van der Waals surface area contributed by atoms with Crippen LogP contribution < -0.4 is 10.6 Å². The number of benzene rings is 1. The third-order valence-corrected chi connectivity index (χ3v) is 4.20. The second-order valence-electron chi connectivity index (χ2n) is 5.07. The van der Waals surface area contributed by atoms with E-state index in [4.69, 9.17) is 0 Å². The Morgan fingerprint density at radius 1 is 1.19 bits per heavy atom. The zero-order valence-electron chi connectivity index (χ0n) is 12.7. The number of nitrogens with zero attached hydrogens (tertiary/aromatic N) is 1. The summed E-state index contributed by atoms with van der Waals surface area (Å²) in [6.07, 6.45) is 2.17. The average molecular weight is 301 g/mol. The molecule has 0 fully saturated rings. The maximum absolute atomic E-state index is 4.28. The van der Waals surface area contributed by atoms with Crippen LogP contribution in [0.1, 0.15) is 23.8 Å². The van der Waals surface area contributed by atoms with E-state index in [0.717, 1.165) is 25.3 Å². The van der Waals surface area contributed by atoms with Crippen molar-refractivity contribution in [2.24, 2.45) is 4.99 Å². The summed E-state index contributed by atoms with van der Waals surface area (Å²) < 4.78 is 0. The maximum Gasteiger partial charge on any atom is 0.191 e. The minimum Gasteiger partial charge on any atom is -0.354 e. The van der Waals surface area contributed by atoms with Crippen molar-refractivity contribution in [3.63, 3.8) is 0 Å². The molecular weight excluding hydrogens is 278 g/mol. The molecule has 1 atom stereocenters. The Morgan fingerprint density at radius 3 is 2.67 bits per heavy atom. The van der Waals surface area contributed by atoms with Crippen LogP contribution in [0.25, 0.3) is 0 Å². The monoisotopic (exact) mass is 301 g/mol. The van der Waals surface area contributed by atoms with Crippen LogP contribution in [0.3, 0.4) is 0 Å². The highest BCUT2D eigenvalue weighted by molar-refractivity contribution is 7.09. The third kappa shape index (κ3) is 5.60. The van der Waals surface area contributed by atoms with Crippen molar-refractivity contribution in [3.05, 3.63) is 58.3 Å². The van der Waals surface area contributed by atoms with Gasteiger partial charge in [-0.1, -0.05) is 36.4 Å². The highest BCUT2D eigenvalue weighted by Gasteiger charge is 2.05. The summed E-state index contributed by atoms with van der Waals surface area (Å²) in [4.78, 5) is 5.60. The molecule has 3 nitrogen and oxygen atoms in total. The summed E-state index contributed by atoms with van der Waals surface area (Å²) in [5, 5.41) is 8.89. The lowest BCUT2D eigenvalue weighted by atomic mass is 10.1. The maximum atomic E-state index is 4.28. The third-order valence-electron chi connectivity index (χ3n) is 3.33. The van der Waals surface area contributed by atoms with Gasteiger partial charge in [-0.25, -0.2) is 0 Å². The van der Waals surface area contributed by atoms with Crippen LogP contribution in [-0.4, -0.2) is 19.0 Å². The Balaban J connectivity index is 1.73. The number of rotatable bonds is 6. The number of guanidine groups is 1. The van der Waals surface area contributed by atoms with Gasteiger partial charge in [0.05, 0.1) is 6.54 Å². The van der Waals surface area contributed by atoms with Gasteiger partial charge in [-0.2, -0.15) is 0 Å². The Hall–Kier alpha value is -1.81. The van der Waals surface area contributed by atoms with Crippen LogP contribution in [0.15, 0.2) is 52.8 Å². The highest BCUT2D eigenvalue weighted by atomic mass is 32.1. The van der Waals surface area contributed by atoms with Gasteiger partial charge in [0.25, 0.3) is 0 Å². The van der Waals surface area contributed by atoms with E-state index < -0.39 is 0 Å². The highest BCUT2D eigenvalue weighted by Crippen LogP contribution is 2.07. The summed E-state index contributed by atoms with van der Waals surface area (Å²) >= 11 is 1.76. The fourth-order valence-electron chi connectivity index (χ4n) is 2.11. The van der Waals surface area contributed by atoms with Gasteiger partial charge in [0.2, 0.25) is 0 Å². The first kappa shape index (κ1) is 15.6. The quantitative estimate of drug-likeness (QED) is 0.633. The van der Waals surface area contributed by atoms with Crippen molar-refractivity contribution in [2.75, 3.05) is 7.05 Å². The number of nitrogens with one attached hydrogen (secondary N) is 2. The van der Waals surface area contributed by atoms with Crippen LogP contribution in [0, 0.1) is 0 Å². The van der Waals surface area contributed by atoms with E-state index in [1.165, 1.54) is 10.4 Å². The molecule has 2 N–H and O–H groups in total. The predicted molar refractivity (Wildman–Crippen MR) is 91.9 cm³/mol.